The van der Waals surface area contributed by atoms with Crippen molar-refractivity contribution in [2.24, 2.45) is 5.92 Å². The van der Waals surface area contributed by atoms with Gasteiger partial charge < -0.3 is 15.4 Å². The first-order valence-corrected chi connectivity index (χ1v) is 7.88. The van der Waals surface area contributed by atoms with Crippen LogP contribution < -0.4 is 15.4 Å². The number of methoxy groups -OCH3 is 1. The summed E-state index contributed by atoms with van der Waals surface area (Å²) in [7, 11) is 1.55. The van der Waals surface area contributed by atoms with Crippen molar-refractivity contribution in [2.75, 3.05) is 20.2 Å². The highest BCUT2D eigenvalue weighted by molar-refractivity contribution is 5.94. The van der Waals surface area contributed by atoms with Gasteiger partial charge in [0.25, 0.3) is 5.91 Å². The van der Waals surface area contributed by atoms with Crippen LogP contribution in [0.15, 0.2) is 42.6 Å². The molecule has 1 aliphatic carbocycles. The highest BCUT2D eigenvalue weighted by Crippen LogP contribution is 2.46. The van der Waals surface area contributed by atoms with Crippen molar-refractivity contribution in [1.82, 2.24) is 15.6 Å². The van der Waals surface area contributed by atoms with Crippen molar-refractivity contribution < 1.29 is 9.53 Å². The van der Waals surface area contributed by atoms with Gasteiger partial charge in [0.05, 0.1) is 13.2 Å². The van der Waals surface area contributed by atoms with Crippen LogP contribution >= 0.6 is 0 Å². The Kier molecular flexibility index (Phi) is 3.50. The average molecular weight is 309 g/mol. The fourth-order valence-corrected chi connectivity index (χ4v) is 3.82. The summed E-state index contributed by atoms with van der Waals surface area (Å²) in [6.45, 7) is 1.92. The van der Waals surface area contributed by atoms with Crippen LogP contribution in [0.3, 0.4) is 0 Å². The molecular weight excluding hydrogens is 290 g/mol. The number of nitrogens with zero attached hydrogens (tertiary/aromatic N) is 1. The molecule has 0 spiro atoms. The lowest BCUT2D eigenvalue weighted by Crippen LogP contribution is -2.33. The van der Waals surface area contributed by atoms with E-state index in [0.29, 0.717) is 23.3 Å². The molecule has 3 atom stereocenters. The predicted molar refractivity (Wildman–Crippen MR) is 86.5 cm³/mol. The minimum Gasteiger partial charge on any atom is -0.481 e. The molecule has 2 aromatic rings. The summed E-state index contributed by atoms with van der Waals surface area (Å²) in [5.41, 5.74) is 3.18. The Bertz CT molecular complexity index is 747. The Morgan fingerprint density at radius 1 is 1.26 bits per heavy atom. The molecule has 0 bridgehead atoms. The monoisotopic (exact) mass is 309 g/mol. The van der Waals surface area contributed by atoms with E-state index in [0.717, 1.165) is 13.1 Å². The number of hydrogen-bond donors (Lipinski definition) is 2. The van der Waals surface area contributed by atoms with E-state index in [9.17, 15) is 4.79 Å². The third kappa shape index (κ3) is 2.37. The molecule has 5 nitrogen and oxygen atoms in total. The molecule has 4 rings (SSSR count). The van der Waals surface area contributed by atoms with Crippen molar-refractivity contribution in [3.63, 3.8) is 0 Å². The average Bonchev–Trinajstić information content (AvgIpc) is 3.18. The normalized spacial score (nSPS) is 24.8. The lowest BCUT2D eigenvalue weighted by atomic mass is 9.94. The van der Waals surface area contributed by atoms with Crippen LogP contribution in [0.5, 0.6) is 5.88 Å². The number of pyridine rings is 1. The summed E-state index contributed by atoms with van der Waals surface area (Å²) < 4.78 is 5.10. The smallest absolute Gasteiger partial charge is 0.252 e. The maximum absolute atomic E-state index is 12.7. The number of nitrogens with one attached hydrogen (secondary N) is 2. The molecule has 23 heavy (non-hydrogen) atoms. The lowest BCUT2D eigenvalue weighted by molar-refractivity contribution is 0.0925. The SMILES string of the molecule is COc1cc(C(=O)N[C@H]2c3ccccc3[C@@H]3CNC[C@H]32)ccn1. The van der Waals surface area contributed by atoms with E-state index in [1.54, 1.807) is 25.4 Å². The Morgan fingerprint density at radius 3 is 2.91 bits per heavy atom. The second-order valence-electron chi connectivity index (χ2n) is 6.10. The fourth-order valence-electron chi connectivity index (χ4n) is 3.82. The van der Waals surface area contributed by atoms with Gasteiger partial charge in [-0.1, -0.05) is 24.3 Å². The van der Waals surface area contributed by atoms with Crippen LogP contribution in [0.1, 0.15) is 33.4 Å². The summed E-state index contributed by atoms with van der Waals surface area (Å²) in [6.07, 6.45) is 1.59. The van der Waals surface area contributed by atoms with Crippen molar-refractivity contribution in [3.8, 4) is 5.88 Å². The van der Waals surface area contributed by atoms with Crippen molar-refractivity contribution >= 4 is 5.91 Å². The molecule has 1 aromatic carbocycles. The van der Waals surface area contributed by atoms with Gasteiger partial charge in [-0.05, 0) is 17.2 Å². The van der Waals surface area contributed by atoms with Gasteiger partial charge in [-0.3, -0.25) is 4.79 Å². The molecule has 118 valence electrons. The minimum absolute atomic E-state index is 0.0536. The molecule has 1 fully saturated rings. The van der Waals surface area contributed by atoms with Crippen LogP contribution in [0.2, 0.25) is 0 Å². The van der Waals surface area contributed by atoms with Crippen LogP contribution in [-0.4, -0.2) is 31.1 Å². The maximum Gasteiger partial charge on any atom is 0.252 e. The van der Waals surface area contributed by atoms with E-state index in [1.165, 1.54) is 11.1 Å². The van der Waals surface area contributed by atoms with Crippen molar-refractivity contribution in [3.05, 3.63) is 59.3 Å². The number of aromatic nitrogens is 1. The number of fused-ring (bicyclic) bond motifs is 3. The van der Waals surface area contributed by atoms with Gasteiger partial charge in [0.15, 0.2) is 0 Å². The fraction of sp³-hybridized carbons (Fsp3) is 0.333. The summed E-state index contributed by atoms with van der Waals surface area (Å²) >= 11 is 0. The summed E-state index contributed by atoms with van der Waals surface area (Å²) in [6, 6.07) is 11.9. The van der Waals surface area contributed by atoms with E-state index in [2.05, 4.69) is 33.8 Å². The Balaban J connectivity index is 1.61. The van der Waals surface area contributed by atoms with E-state index >= 15 is 0 Å². The molecule has 5 heteroatoms. The van der Waals surface area contributed by atoms with E-state index < -0.39 is 0 Å². The second-order valence-corrected chi connectivity index (χ2v) is 6.10. The summed E-state index contributed by atoms with van der Waals surface area (Å²) in [5, 5.41) is 6.66. The number of hydrogen-bond acceptors (Lipinski definition) is 4. The van der Waals surface area contributed by atoms with Gasteiger partial charge in [-0.15, -0.1) is 0 Å². The second kappa shape index (κ2) is 5.66. The molecule has 2 N–H and O–H groups in total. The Morgan fingerprint density at radius 2 is 2.09 bits per heavy atom. The first-order chi connectivity index (χ1) is 11.3. The quantitative estimate of drug-likeness (QED) is 0.909. The number of benzene rings is 1. The molecule has 1 saturated heterocycles. The molecule has 2 aliphatic rings. The Labute approximate surface area is 135 Å². The van der Waals surface area contributed by atoms with Gasteiger partial charge in [-0.2, -0.15) is 0 Å². The topological polar surface area (TPSA) is 63.2 Å². The zero-order valence-electron chi connectivity index (χ0n) is 13.0. The van der Waals surface area contributed by atoms with Crippen LogP contribution in [-0.2, 0) is 0 Å². The molecule has 0 radical (unpaired) electrons. The maximum atomic E-state index is 12.7. The number of carbonyl (C=O) groups is 1. The molecule has 0 unspecified atom stereocenters. The predicted octanol–water partition coefficient (Wildman–Crippen LogP) is 1.88. The Hall–Kier alpha value is -2.40. The van der Waals surface area contributed by atoms with Crippen molar-refractivity contribution in [2.45, 2.75) is 12.0 Å². The zero-order chi connectivity index (χ0) is 15.8. The number of ether oxygens (including phenoxy) is 1. The number of rotatable bonds is 3. The highest BCUT2D eigenvalue weighted by atomic mass is 16.5. The molecule has 2 heterocycles. The molecule has 1 amide bonds. The molecular formula is C18H19N3O2. The molecule has 1 aliphatic heterocycles. The first-order valence-electron chi connectivity index (χ1n) is 7.88. The van der Waals surface area contributed by atoms with Crippen LogP contribution in [0, 0.1) is 5.92 Å². The first kappa shape index (κ1) is 14.2. The number of amides is 1. The summed E-state index contributed by atoms with van der Waals surface area (Å²) in [5.74, 6) is 1.27. The van der Waals surface area contributed by atoms with Gasteiger partial charge in [-0.25, -0.2) is 4.98 Å². The highest BCUT2D eigenvalue weighted by Gasteiger charge is 2.43. The third-order valence-corrected chi connectivity index (χ3v) is 4.91. The van der Waals surface area contributed by atoms with Gasteiger partial charge in [0, 0.05) is 42.8 Å². The largest absolute Gasteiger partial charge is 0.481 e. The third-order valence-electron chi connectivity index (χ3n) is 4.91. The standard InChI is InChI=1S/C18H19N3O2/c1-23-16-8-11(6-7-20-16)18(22)21-17-13-5-3-2-4-12(13)14-9-19-10-15(14)17/h2-8,14-15,17,19H,9-10H2,1H3,(H,21,22)/t14-,15+,17-/m0/s1. The molecule has 1 aromatic heterocycles. The summed E-state index contributed by atoms with van der Waals surface area (Å²) in [4.78, 5) is 16.7. The van der Waals surface area contributed by atoms with Crippen LogP contribution in [0.4, 0.5) is 0 Å². The van der Waals surface area contributed by atoms with E-state index in [1.807, 2.05) is 6.07 Å². The lowest BCUT2D eigenvalue weighted by Gasteiger charge is -2.20. The molecule has 0 saturated carbocycles. The minimum atomic E-state index is -0.0851. The number of carbonyl (C=O) groups excluding carboxylic acids is 1. The van der Waals surface area contributed by atoms with Crippen molar-refractivity contribution in [1.29, 1.82) is 0 Å². The van der Waals surface area contributed by atoms with Gasteiger partial charge in [0.1, 0.15) is 0 Å². The van der Waals surface area contributed by atoms with E-state index in [-0.39, 0.29) is 11.9 Å². The zero-order valence-corrected chi connectivity index (χ0v) is 13.0. The van der Waals surface area contributed by atoms with Crippen LogP contribution in [0.25, 0.3) is 0 Å². The van der Waals surface area contributed by atoms with Gasteiger partial charge >= 0.3 is 0 Å². The van der Waals surface area contributed by atoms with Gasteiger partial charge in [0.2, 0.25) is 5.88 Å². The van der Waals surface area contributed by atoms with E-state index in [4.69, 9.17) is 4.74 Å².